The maximum Gasteiger partial charge on any atom is 1.00 e. The van der Waals surface area contributed by atoms with E-state index in [0.29, 0.717) is 69.3 Å². The minimum Gasteiger partial charge on any atom is -1.00 e. The second-order valence-electron chi connectivity index (χ2n) is 10.6. The van der Waals surface area contributed by atoms with Gasteiger partial charge in [-0.2, -0.15) is 21.0 Å². The molecule has 0 aliphatic heterocycles. The van der Waals surface area contributed by atoms with Gasteiger partial charge in [0.2, 0.25) is 7.09 Å². The summed E-state index contributed by atoms with van der Waals surface area (Å²) < 4.78 is 37.4. The SMILES string of the molecule is N#Cc1cnc(Cl)s1.N#Cc1cnc(Nc2cc(CCl)ccn2)s1.N#Cc1cnc(Nc2cc(CO)ccn2)s1.O=P(Cl)(Cl)Cl.[2H]CF.[3H][B]SOCc1ccnc(Nc2ncc(C#N)s2)c1.[H-].[Na+]. The van der Waals surface area contributed by atoms with Crippen LogP contribution in [0, 0.1) is 45.3 Å². The monoisotopic (exact) mass is 1110 g/mol. The number of aliphatic hydroxyl groups excluding tert-OH is 1. The first kappa shape index (κ1) is 56.6. The van der Waals surface area contributed by atoms with Crippen molar-refractivity contribution in [1.29, 1.82) is 22.4 Å². The number of anilines is 6. The summed E-state index contributed by atoms with van der Waals surface area (Å²) in [6, 6.07) is 18.8. The number of hydrogen-bond donors (Lipinski definition) is 4. The number of alkyl halides is 2. The van der Waals surface area contributed by atoms with Gasteiger partial charge >= 0.3 is 34.8 Å². The zero-order chi connectivity index (χ0) is 49.5. The van der Waals surface area contributed by atoms with E-state index < -0.39 is 12.4 Å². The van der Waals surface area contributed by atoms with Crippen molar-refractivity contribution in [2.75, 3.05) is 23.1 Å². The van der Waals surface area contributed by atoms with E-state index in [-0.39, 0.29) is 37.6 Å². The molecule has 0 bridgehead atoms. The number of aliphatic hydroxyl groups is 1. The number of halogens is 6. The molecule has 0 saturated heterocycles. The van der Waals surface area contributed by atoms with Gasteiger partial charge in [-0.15, -0.1) is 11.6 Å². The Bertz CT molecular complexity index is 2700. The molecule has 31 heteroatoms. The minimum atomic E-state index is -3.22. The number of pyridine rings is 3. The van der Waals surface area contributed by atoms with E-state index in [1.807, 2.05) is 48.5 Å². The molecule has 0 saturated carbocycles. The summed E-state index contributed by atoms with van der Waals surface area (Å²) in [5, 5.41) is 50.9. The van der Waals surface area contributed by atoms with Crippen LogP contribution in [0.4, 0.5) is 37.2 Å². The normalized spacial score (nSPS) is 9.80. The number of thiazole rings is 4. The Morgan fingerprint density at radius 1 is 0.773 bits per heavy atom. The molecule has 7 heterocycles. The van der Waals surface area contributed by atoms with Gasteiger partial charge in [0.05, 0.1) is 46.5 Å². The molecule has 7 rings (SSSR count). The van der Waals surface area contributed by atoms with Gasteiger partial charge in [-0.3, -0.25) is 8.96 Å². The van der Waals surface area contributed by atoms with Crippen LogP contribution in [-0.2, 0) is 27.8 Å². The van der Waals surface area contributed by atoms with E-state index in [2.05, 4.69) is 84.6 Å². The minimum absolute atomic E-state index is 0. The second-order valence-corrected chi connectivity index (χ2v) is 22.6. The molecule has 0 unspecified atom stereocenters. The summed E-state index contributed by atoms with van der Waals surface area (Å²) in [6.07, 6.45) is 10.9. The molecule has 0 aromatic carbocycles. The van der Waals surface area contributed by atoms with Crippen LogP contribution in [-0.4, -0.2) is 55.6 Å². The Balaban J connectivity index is 0.000000861. The van der Waals surface area contributed by atoms with E-state index in [1.165, 1.54) is 70.1 Å². The maximum atomic E-state index is 9.96. The summed E-state index contributed by atoms with van der Waals surface area (Å²) >= 11 is 30.9. The molecule has 17 nitrogen and oxygen atoms in total. The quantitative estimate of drug-likeness (QED) is 0.0292. The number of hydrogen-bond acceptors (Lipinski definition) is 22. The molecule has 0 fully saturated rings. The van der Waals surface area contributed by atoms with E-state index in [4.69, 9.17) is 56.2 Å². The molecule has 66 heavy (non-hydrogen) atoms. The Morgan fingerprint density at radius 2 is 1.14 bits per heavy atom. The van der Waals surface area contributed by atoms with Crippen LogP contribution in [0.1, 0.15) is 39.0 Å². The Labute approximate surface area is 449 Å². The van der Waals surface area contributed by atoms with Gasteiger partial charge in [0.15, 0.2) is 19.9 Å². The summed E-state index contributed by atoms with van der Waals surface area (Å²) in [5.41, 5.74) is 2.69. The van der Waals surface area contributed by atoms with Crippen molar-refractivity contribution in [3.05, 3.63) is 120 Å². The molecule has 0 aliphatic carbocycles. The van der Waals surface area contributed by atoms with Crippen LogP contribution in [0.2, 0.25) is 4.47 Å². The smallest absolute Gasteiger partial charge is 1.00 e. The van der Waals surface area contributed by atoms with E-state index in [1.54, 1.807) is 30.7 Å². The van der Waals surface area contributed by atoms with Crippen molar-refractivity contribution in [2.24, 2.45) is 0 Å². The largest absolute Gasteiger partial charge is 1.00 e. The van der Waals surface area contributed by atoms with Crippen molar-refractivity contribution < 1.29 is 50.6 Å². The van der Waals surface area contributed by atoms with Crippen LogP contribution in [0.15, 0.2) is 79.8 Å². The molecule has 0 aliphatic rings. The Kier molecular flexibility index (Phi) is 29.6. The predicted octanol–water partition coefficient (Wildman–Crippen LogP) is 8.85. The van der Waals surface area contributed by atoms with Crippen LogP contribution >= 0.6 is 119 Å². The number of nitrogens with zero attached hydrogens (tertiary/aromatic N) is 11. The molecule has 1 radical (unpaired) electrons. The van der Waals surface area contributed by atoms with Crippen molar-refractivity contribution in [2.45, 2.75) is 19.1 Å². The van der Waals surface area contributed by atoms with E-state index in [9.17, 15) is 8.96 Å². The fourth-order valence-corrected chi connectivity index (χ4v) is 6.75. The first-order valence-corrected chi connectivity index (χ1v) is 26.0. The van der Waals surface area contributed by atoms with Gasteiger partial charge in [0.25, 0.3) is 0 Å². The van der Waals surface area contributed by atoms with Crippen molar-refractivity contribution in [3.8, 4) is 24.3 Å². The van der Waals surface area contributed by atoms with Gasteiger partial charge < -0.3 is 26.7 Å². The Morgan fingerprint density at radius 3 is 1.47 bits per heavy atom. The first-order chi connectivity index (χ1) is 32.2. The maximum absolute atomic E-state index is 9.96. The Hall–Kier alpha value is -3.73. The fourth-order valence-electron chi connectivity index (χ4n) is 3.79. The number of aromatic nitrogens is 7. The standard InChI is InChI=1S/C10H8BN4OS2.C10H7ClN4S.C10H8N4OS.C4HClN2S.CH3F.Cl3OP.Na.H/c11-18-16-6-7-1-2-13-9(3-7)15-10-14-5-8(4-12)17-10;11-4-7-1-2-13-9(3-7)15-10-14-6-8(5-12)16-10;11-4-8-5-13-10(16-8)14-9-3-7(6-15)1-2-12-9;5-4-7-2-3(1-6)8-4;1-2;1-5(2,3)4;;/h1-3,5,11H,6H2,(H,13,14,15);1-3,6H,4H2,(H,13,14,15);1-3,5,15H,6H2,(H,12,13,14);2H;1H3;;;/q;;;;;;+1;-1/i11T;;;;1D;;;. The van der Waals surface area contributed by atoms with E-state index in [0.717, 1.165) is 35.7 Å². The van der Waals surface area contributed by atoms with Crippen molar-refractivity contribution >= 4 is 159 Å². The van der Waals surface area contributed by atoms with Crippen LogP contribution in [0.5, 0.6) is 0 Å². The van der Waals surface area contributed by atoms with Crippen molar-refractivity contribution in [3.63, 3.8) is 0 Å². The van der Waals surface area contributed by atoms with Gasteiger partial charge in [-0.05, 0) is 88.1 Å². The molecule has 337 valence electrons. The summed E-state index contributed by atoms with van der Waals surface area (Å²) in [4.78, 5) is 30.4. The second kappa shape index (κ2) is 34.5. The number of nitriles is 4. The van der Waals surface area contributed by atoms with Gasteiger partial charge in [0, 0.05) is 24.5 Å². The third-order valence-corrected chi connectivity index (χ3v) is 10.3. The van der Waals surface area contributed by atoms with Gasteiger partial charge in [-0.25, -0.2) is 34.9 Å². The zero-order valence-corrected chi connectivity index (χ0v) is 44.1. The van der Waals surface area contributed by atoms with Crippen LogP contribution in [0.25, 0.3) is 0 Å². The summed E-state index contributed by atoms with van der Waals surface area (Å²) in [7, 11) is 0.124. The van der Waals surface area contributed by atoms with E-state index >= 15 is 0 Å². The molecular formula is C35H28BCl5FN14NaO3PS5. The third-order valence-electron chi connectivity index (χ3n) is 6.24. The van der Waals surface area contributed by atoms with Crippen LogP contribution < -0.4 is 45.5 Å². The third kappa shape index (κ3) is 26.0. The van der Waals surface area contributed by atoms with Gasteiger partial charge in [0.1, 0.15) is 61.2 Å². The number of rotatable bonds is 12. The molecule has 4 N–H and O–H groups in total. The molecule has 0 spiro atoms. The first-order valence-electron chi connectivity index (χ1n) is 17.9. The van der Waals surface area contributed by atoms with Gasteiger partial charge in [-0.1, -0.05) is 68.8 Å². The molecule has 0 atom stereocenters. The molecule has 7 aromatic heterocycles. The summed E-state index contributed by atoms with van der Waals surface area (Å²) in [6.45, 7) is 0.358. The van der Waals surface area contributed by atoms with Crippen LogP contribution in [0.3, 0.4) is 0 Å². The average Bonchev–Trinajstić information content (AvgIpc) is 4.16. The molecule has 7 aromatic rings. The fraction of sp³-hybridized carbons (Fsp3) is 0.114. The zero-order valence-electron chi connectivity index (χ0n) is 36.4. The average molecular weight is 1120 g/mol. The predicted molar refractivity (Wildman–Crippen MR) is 263 cm³/mol. The summed E-state index contributed by atoms with van der Waals surface area (Å²) in [5.74, 6) is 2.36. The topological polar surface area (TPSA) is 268 Å². The molecule has 0 amide bonds. The van der Waals surface area contributed by atoms with Crippen molar-refractivity contribution in [1.82, 2.24) is 34.9 Å². The molecular weight excluding hydrogens is 1090 g/mol. The number of nitrogens with one attached hydrogen (secondary N) is 3.